The number of carbonyl (C=O) groups excluding carboxylic acids is 1. The molecule has 0 aliphatic carbocycles. The Labute approximate surface area is 158 Å². The molecule has 7 nitrogen and oxygen atoms in total. The number of rotatable bonds is 8. The summed E-state index contributed by atoms with van der Waals surface area (Å²) >= 11 is 4.34. The molecule has 0 saturated heterocycles. The second kappa shape index (κ2) is 8.93. The van der Waals surface area contributed by atoms with Crippen LogP contribution in [-0.4, -0.2) is 40.7 Å². The Hall–Kier alpha value is -2.22. The summed E-state index contributed by atoms with van der Waals surface area (Å²) in [6, 6.07) is 5.36. The van der Waals surface area contributed by atoms with Gasteiger partial charge in [-0.05, 0) is 18.6 Å². The maximum atomic E-state index is 11.9. The van der Waals surface area contributed by atoms with Crippen LogP contribution in [0.5, 0.6) is 11.5 Å². The van der Waals surface area contributed by atoms with Gasteiger partial charge in [0.15, 0.2) is 0 Å². The number of hydrazone groups is 1. The van der Waals surface area contributed by atoms with Crippen LogP contribution in [0.1, 0.15) is 45.1 Å². The first-order valence-electron chi connectivity index (χ1n) is 8.44. The van der Waals surface area contributed by atoms with Crippen molar-refractivity contribution >= 4 is 30.2 Å². The van der Waals surface area contributed by atoms with Crippen LogP contribution in [0, 0.1) is 0 Å². The molecule has 1 aliphatic rings. The SMILES string of the molecule is CC(C)(S)CC(=O)N/N=C1\CCOc2cc(OCCCC(=O)O)ccc21. The molecule has 26 heavy (non-hydrogen) atoms. The fourth-order valence-electron chi connectivity index (χ4n) is 2.43. The number of aliphatic carboxylic acids is 1. The van der Waals surface area contributed by atoms with Crippen molar-refractivity contribution in [2.75, 3.05) is 13.2 Å². The average Bonchev–Trinajstić information content (AvgIpc) is 2.55. The molecule has 0 fully saturated rings. The van der Waals surface area contributed by atoms with Gasteiger partial charge in [0.05, 0.1) is 18.9 Å². The first-order valence-corrected chi connectivity index (χ1v) is 8.89. The van der Waals surface area contributed by atoms with Gasteiger partial charge in [-0.1, -0.05) is 13.8 Å². The number of carboxylic acids is 1. The van der Waals surface area contributed by atoms with Gasteiger partial charge in [0, 0.05) is 35.6 Å². The van der Waals surface area contributed by atoms with Crippen LogP contribution in [0.15, 0.2) is 23.3 Å². The summed E-state index contributed by atoms with van der Waals surface area (Å²) in [7, 11) is 0. The van der Waals surface area contributed by atoms with Crippen molar-refractivity contribution in [2.45, 2.75) is 44.3 Å². The maximum Gasteiger partial charge on any atom is 0.303 e. The monoisotopic (exact) mass is 380 g/mol. The van der Waals surface area contributed by atoms with Gasteiger partial charge in [-0.3, -0.25) is 9.59 Å². The smallest absolute Gasteiger partial charge is 0.303 e. The molecule has 0 radical (unpaired) electrons. The third-order valence-corrected chi connectivity index (χ3v) is 3.73. The first kappa shape index (κ1) is 20.1. The number of nitrogens with zero attached hydrogens (tertiary/aromatic N) is 1. The van der Waals surface area contributed by atoms with Gasteiger partial charge in [-0.15, -0.1) is 0 Å². The van der Waals surface area contributed by atoms with Crippen molar-refractivity contribution in [1.29, 1.82) is 0 Å². The number of benzene rings is 1. The van der Waals surface area contributed by atoms with Crippen molar-refractivity contribution in [3.8, 4) is 11.5 Å². The van der Waals surface area contributed by atoms with Gasteiger partial charge in [0.2, 0.25) is 5.91 Å². The van der Waals surface area contributed by atoms with Gasteiger partial charge in [-0.25, -0.2) is 5.43 Å². The first-order chi connectivity index (χ1) is 12.2. The molecule has 1 aromatic rings. The maximum absolute atomic E-state index is 11.9. The van der Waals surface area contributed by atoms with Crippen molar-refractivity contribution in [2.24, 2.45) is 5.10 Å². The standard InChI is InChI=1S/C18H24N2O5S/c1-18(2,26)11-16(21)20-19-14-7-9-25-15-10-12(5-6-13(14)15)24-8-3-4-17(22)23/h5-6,10,26H,3-4,7-9,11H2,1-2H3,(H,20,21)(H,22,23)/b19-14+. The number of carbonyl (C=O) groups is 2. The highest BCUT2D eigenvalue weighted by atomic mass is 32.1. The lowest BCUT2D eigenvalue weighted by Crippen LogP contribution is -2.28. The van der Waals surface area contributed by atoms with E-state index in [1.807, 2.05) is 19.9 Å². The number of hydrogen-bond donors (Lipinski definition) is 3. The van der Waals surface area contributed by atoms with Crippen LogP contribution < -0.4 is 14.9 Å². The van der Waals surface area contributed by atoms with Gasteiger partial charge in [-0.2, -0.15) is 17.7 Å². The van der Waals surface area contributed by atoms with E-state index in [1.165, 1.54) is 0 Å². The zero-order valence-electron chi connectivity index (χ0n) is 14.9. The van der Waals surface area contributed by atoms with Crippen LogP contribution in [0.3, 0.4) is 0 Å². The molecule has 1 amide bonds. The summed E-state index contributed by atoms with van der Waals surface area (Å²) in [6.45, 7) is 4.51. The van der Waals surface area contributed by atoms with Crippen molar-refractivity contribution < 1.29 is 24.2 Å². The quantitative estimate of drug-likeness (QED) is 0.366. The highest BCUT2D eigenvalue weighted by molar-refractivity contribution is 7.81. The Bertz CT molecular complexity index is 697. The molecule has 8 heteroatoms. The van der Waals surface area contributed by atoms with Gasteiger partial charge in [0.25, 0.3) is 0 Å². The van der Waals surface area contributed by atoms with Crippen molar-refractivity contribution in [3.05, 3.63) is 23.8 Å². The van der Waals surface area contributed by atoms with E-state index >= 15 is 0 Å². The van der Waals surface area contributed by atoms with Gasteiger partial charge in [0.1, 0.15) is 11.5 Å². The molecule has 0 unspecified atom stereocenters. The summed E-state index contributed by atoms with van der Waals surface area (Å²) in [4.78, 5) is 22.4. The normalized spacial score (nSPS) is 15.1. The molecule has 1 aliphatic heterocycles. The van der Waals surface area contributed by atoms with Crippen molar-refractivity contribution in [1.82, 2.24) is 5.43 Å². The molecule has 1 aromatic carbocycles. The molecular formula is C18H24N2O5S. The Morgan fingerprint density at radius 2 is 2.19 bits per heavy atom. The van der Waals surface area contributed by atoms with Crippen LogP contribution in [0.2, 0.25) is 0 Å². The highest BCUT2D eigenvalue weighted by Crippen LogP contribution is 2.29. The fraction of sp³-hybridized carbons (Fsp3) is 0.500. The minimum Gasteiger partial charge on any atom is -0.493 e. The van der Waals surface area contributed by atoms with E-state index in [0.29, 0.717) is 37.6 Å². The molecular weight excluding hydrogens is 356 g/mol. The molecule has 1 heterocycles. The molecule has 142 valence electrons. The zero-order valence-corrected chi connectivity index (χ0v) is 15.8. The van der Waals surface area contributed by atoms with Crippen LogP contribution in [0.25, 0.3) is 0 Å². The predicted molar refractivity (Wildman–Crippen MR) is 101 cm³/mol. The molecule has 0 saturated carbocycles. The second-order valence-electron chi connectivity index (χ2n) is 6.68. The topological polar surface area (TPSA) is 97.2 Å². The largest absolute Gasteiger partial charge is 0.493 e. The van der Waals surface area contributed by atoms with E-state index < -0.39 is 10.7 Å². The van der Waals surface area contributed by atoms with E-state index in [2.05, 4.69) is 23.2 Å². The molecule has 0 atom stereocenters. The Kier molecular flexibility index (Phi) is 6.90. The highest BCUT2D eigenvalue weighted by Gasteiger charge is 2.20. The average molecular weight is 380 g/mol. The summed E-state index contributed by atoms with van der Waals surface area (Å²) in [5.74, 6) is 0.210. The minimum absolute atomic E-state index is 0.0705. The van der Waals surface area contributed by atoms with Crippen LogP contribution in [-0.2, 0) is 9.59 Å². The lowest BCUT2D eigenvalue weighted by molar-refractivity contribution is -0.137. The summed E-state index contributed by atoms with van der Waals surface area (Å²) in [6.07, 6.45) is 1.37. The Morgan fingerprint density at radius 3 is 2.88 bits per heavy atom. The Morgan fingerprint density at radius 1 is 1.42 bits per heavy atom. The van der Waals surface area contributed by atoms with E-state index in [-0.39, 0.29) is 18.7 Å². The number of nitrogens with one attached hydrogen (secondary N) is 1. The lowest BCUT2D eigenvalue weighted by atomic mass is 10.0. The van der Waals surface area contributed by atoms with Gasteiger partial charge >= 0.3 is 5.97 Å². The van der Waals surface area contributed by atoms with E-state index in [1.54, 1.807) is 12.1 Å². The van der Waals surface area contributed by atoms with Crippen molar-refractivity contribution in [3.63, 3.8) is 0 Å². The Balaban J connectivity index is 1.99. The molecule has 2 N–H and O–H groups in total. The third kappa shape index (κ3) is 6.59. The van der Waals surface area contributed by atoms with Gasteiger partial charge < -0.3 is 14.6 Å². The summed E-state index contributed by atoms with van der Waals surface area (Å²) in [5, 5.41) is 12.9. The summed E-state index contributed by atoms with van der Waals surface area (Å²) in [5.41, 5.74) is 4.12. The number of fused-ring (bicyclic) bond motifs is 1. The van der Waals surface area contributed by atoms with Crippen LogP contribution >= 0.6 is 12.6 Å². The molecule has 2 rings (SSSR count). The van der Waals surface area contributed by atoms with E-state index in [0.717, 1.165) is 11.3 Å². The van der Waals surface area contributed by atoms with Crippen LogP contribution in [0.4, 0.5) is 0 Å². The number of thiol groups is 1. The zero-order chi connectivity index (χ0) is 19.2. The lowest BCUT2D eigenvalue weighted by Gasteiger charge is -2.20. The molecule has 0 spiro atoms. The second-order valence-corrected chi connectivity index (χ2v) is 7.90. The number of ether oxygens (including phenoxy) is 2. The predicted octanol–water partition coefficient (Wildman–Crippen LogP) is 2.63. The van der Waals surface area contributed by atoms with E-state index in [9.17, 15) is 9.59 Å². The van der Waals surface area contributed by atoms with E-state index in [4.69, 9.17) is 14.6 Å². The number of amides is 1. The summed E-state index contributed by atoms with van der Waals surface area (Å²) < 4.78 is 10.8. The molecule has 0 bridgehead atoms. The number of hydrogen-bond acceptors (Lipinski definition) is 6. The molecule has 0 aromatic heterocycles. The third-order valence-electron chi connectivity index (χ3n) is 3.57. The fourth-order valence-corrected chi connectivity index (χ4v) is 2.58. The number of carboxylic acid groups (broad SMARTS) is 1. The minimum atomic E-state index is -0.841.